The fraction of sp³-hybridized carbons (Fsp3) is 0.333. The van der Waals surface area contributed by atoms with Gasteiger partial charge in [-0.3, -0.25) is 0 Å². The molecular weight excluding hydrogens is 302 g/mol. The first kappa shape index (κ1) is 16.0. The molecule has 1 atom stereocenters. The van der Waals surface area contributed by atoms with E-state index in [0.717, 1.165) is 23.4 Å². The minimum Gasteiger partial charge on any atom is -0.305 e. The van der Waals surface area contributed by atoms with Crippen LogP contribution in [0.25, 0.3) is 0 Å². The van der Waals surface area contributed by atoms with Crippen molar-refractivity contribution >= 4 is 11.3 Å². The lowest BCUT2D eigenvalue weighted by Gasteiger charge is -2.16. The zero-order valence-corrected chi connectivity index (χ0v) is 12.2. The summed E-state index contributed by atoms with van der Waals surface area (Å²) in [5.74, 6) is -0.870. The second-order valence-corrected chi connectivity index (χ2v) is 5.68. The molecule has 0 bridgehead atoms. The number of nitrogens with one attached hydrogen (secondary N) is 1. The van der Waals surface area contributed by atoms with E-state index >= 15 is 0 Å². The first-order valence-corrected chi connectivity index (χ1v) is 7.41. The third kappa shape index (κ3) is 4.28. The predicted molar refractivity (Wildman–Crippen MR) is 75.6 cm³/mol. The number of hydrogen-bond donors (Lipinski definition) is 1. The van der Waals surface area contributed by atoms with Gasteiger partial charge < -0.3 is 5.32 Å². The Morgan fingerprint density at radius 1 is 1.24 bits per heavy atom. The first-order chi connectivity index (χ1) is 9.90. The van der Waals surface area contributed by atoms with Crippen LogP contribution >= 0.6 is 11.3 Å². The first-order valence-electron chi connectivity index (χ1n) is 6.53. The number of halogens is 4. The average Bonchev–Trinajstić information content (AvgIpc) is 2.92. The van der Waals surface area contributed by atoms with Crippen molar-refractivity contribution in [2.75, 3.05) is 0 Å². The van der Waals surface area contributed by atoms with Gasteiger partial charge in [0, 0.05) is 17.5 Å². The summed E-state index contributed by atoms with van der Waals surface area (Å²) in [7, 11) is 0. The van der Waals surface area contributed by atoms with Gasteiger partial charge in [0.2, 0.25) is 0 Å². The van der Waals surface area contributed by atoms with Crippen LogP contribution in [0.5, 0.6) is 0 Å². The molecule has 114 valence electrons. The van der Waals surface area contributed by atoms with E-state index in [0.29, 0.717) is 6.07 Å². The molecule has 0 aliphatic heterocycles. The third-order valence-electron chi connectivity index (χ3n) is 3.13. The van der Waals surface area contributed by atoms with Crippen molar-refractivity contribution in [2.45, 2.75) is 32.1 Å². The maximum absolute atomic E-state index is 13.3. The standard InChI is InChI=1S/C15H15F4NS/c1-2-13(14-4-3-5-21-14)20-9-10-6-11(15(17,18)19)8-12(16)7-10/h3-8,13,20H,2,9H2,1H3. The number of thiophene rings is 1. The molecule has 1 nitrogen and oxygen atoms in total. The van der Waals surface area contributed by atoms with Crippen LogP contribution in [-0.2, 0) is 12.7 Å². The Labute approximate surface area is 124 Å². The van der Waals surface area contributed by atoms with Gasteiger partial charge in [0.25, 0.3) is 0 Å². The molecule has 0 spiro atoms. The molecule has 0 saturated heterocycles. The normalized spacial score (nSPS) is 13.4. The van der Waals surface area contributed by atoms with E-state index in [4.69, 9.17) is 0 Å². The van der Waals surface area contributed by atoms with Gasteiger partial charge in [-0.05, 0) is 41.6 Å². The maximum atomic E-state index is 13.3. The zero-order chi connectivity index (χ0) is 15.5. The summed E-state index contributed by atoms with van der Waals surface area (Å²) in [6.45, 7) is 2.18. The van der Waals surface area contributed by atoms with Crippen molar-refractivity contribution in [3.8, 4) is 0 Å². The predicted octanol–water partition coefficient (Wildman–Crippen LogP) is 5.15. The van der Waals surface area contributed by atoms with Gasteiger partial charge in [-0.2, -0.15) is 13.2 Å². The van der Waals surface area contributed by atoms with Crippen molar-refractivity contribution in [3.05, 3.63) is 57.5 Å². The molecule has 0 aliphatic rings. The van der Waals surface area contributed by atoms with Crippen molar-refractivity contribution in [3.63, 3.8) is 0 Å². The van der Waals surface area contributed by atoms with E-state index in [-0.39, 0.29) is 18.2 Å². The van der Waals surface area contributed by atoms with Crippen LogP contribution in [-0.4, -0.2) is 0 Å². The second kappa shape index (κ2) is 6.58. The lowest BCUT2D eigenvalue weighted by molar-refractivity contribution is -0.137. The summed E-state index contributed by atoms with van der Waals surface area (Å²) >= 11 is 1.58. The second-order valence-electron chi connectivity index (χ2n) is 4.70. The van der Waals surface area contributed by atoms with Crippen LogP contribution in [0.1, 0.15) is 35.4 Å². The molecule has 0 saturated carbocycles. The van der Waals surface area contributed by atoms with Gasteiger partial charge in [0.15, 0.2) is 0 Å². The molecule has 1 aromatic heterocycles. The fourth-order valence-electron chi connectivity index (χ4n) is 2.09. The van der Waals surface area contributed by atoms with E-state index in [2.05, 4.69) is 5.32 Å². The molecule has 0 fully saturated rings. The minimum atomic E-state index is -4.53. The quantitative estimate of drug-likeness (QED) is 0.752. The molecule has 0 aliphatic carbocycles. The van der Waals surface area contributed by atoms with Crippen molar-refractivity contribution < 1.29 is 17.6 Å². The number of hydrogen-bond acceptors (Lipinski definition) is 2. The fourth-order valence-corrected chi connectivity index (χ4v) is 2.98. The zero-order valence-electron chi connectivity index (χ0n) is 11.4. The molecule has 21 heavy (non-hydrogen) atoms. The highest BCUT2D eigenvalue weighted by atomic mass is 32.1. The SMILES string of the molecule is CCC(NCc1cc(F)cc(C(F)(F)F)c1)c1cccs1. The molecule has 0 amide bonds. The number of alkyl halides is 3. The van der Waals surface area contributed by atoms with Crippen LogP contribution in [0.15, 0.2) is 35.7 Å². The van der Waals surface area contributed by atoms with E-state index in [1.807, 2.05) is 24.4 Å². The highest BCUT2D eigenvalue weighted by Crippen LogP contribution is 2.30. The van der Waals surface area contributed by atoms with Crippen LogP contribution in [0.4, 0.5) is 17.6 Å². The Kier molecular flexibility index (Phi) is 5.00. The molecule has 1 unspecified atom stereocenters. The highest BCUT2D eigenvalue weighted by molar-refractivity contribution is 7.10. The Morgan fingerprint density at radius 3 is 2.57 bits per heavy atom. The summed E-state index contributed by atoms with van der Waals surface area (Å²) in [5, 5.41) is 5.12. The van der Waals surface area contributed by atoms with Crippen molar-refractivity contribution in [2.24, 2.45) is 0 Å². The topological polar surface area (TPSA) is 12.0 Å². The molecule has 1 N–H and O–H groups in total. The number of rotatable bonds is 5. The summed E-state index contributed by atoms with van der Waals surface area (Å²) < 4.78 is 51.3. The van der Waals surface area contributed by atoms with E-state index in [1.165, 1.54) is 0 Å². The summed E-state index contributed by atoms with van der Waals surface area (Å²) in [4.78, 5) is 1.12. The van der Waals surface area contributed by atoms with Gasteiger partial charge in [0.05, 0.1) is 5.56 Å². The molecule has 1 aromatic carbocycles. The van der Waals surface area contributed by atoms with Gasteiger partial charge in [-0.1, -0.05) is 13.0 Å². The monoisotopic (exact) mass is 317 g/mol. The lowest BCUT2D eigenvalue weighted by Crippen LogP contribution is -2.20. The van der Waals surface area contributed by atoms with Gasteiger partial charge in [-0.25, -0.2) is 4.39 Å². The van der Waals surface area contributed by atoms with Crippen LogP contribution in [0.3, 0.4) is 0 Å². The molecular formula is C15H15F4NS. The van der Waals surface area contributed by atoms with E-state index in [9.17, 15) is 17.6 Å². The Hall–Kier alpha value is -1.40. The Morgan fingerprint density at radius 2 is 2.00 bits per heavy atom. The van der Waals surface area contributed by atoms with Crippen LogP contribution < -0.4 is 5.32 Å². The summed E-state index contributed by atoms with van der Waals surface area (Å²) in [5.41, 5.74) is -0.666. The van der Waals surface area contributed by atoms with Gasteiger partial charge in [0.1, 0.15) is 5.82 Å². The smallest absolute Gasteiger partial charge is 0.305 e. The molecule has 2 rings (SSSR count). The maximum Gasteiger partial charge on any atom is 0.416 e. The van der Waals surface area contributed by atoms with Gasteiger partial charge >= 0.3 is 6.18 Å². The van der Waals surface area contributed by atoms with Crippen molar-refractivity contribution in [1.29, 1.82) is 0 Å². The van der Waals surface area contributed by atoms with E-state index < -0.39 is 17.6 Å². The summed E-state index contributed by atoms with van der Waals surface area (Å²) in [6.07, 6.45) is -3.73. The lowest BCUT2D eigenvalue weighted by atomic mass is 10.1. The molecule has 1 heterocycles. The minimum absolute atomic E-state index is 0.0580. The molecule has 0 radical (unpaired) electrons. The highest BCUT2D eigenvalue weighted by Gasteiger charge is 2.31. The van der Waals surface area contributed by atoms with E-state index in [1.54, 1.807) is 11.3 Å². The Balaban J connectivity index is 2.11. The molecule has 2 aromatic rings. The van der Waals surface area contributed by atoms with Crippen molar-refractivity contribution in [1.82, 2.24) is 5.32 Å². The number of benzene rings is 1. The molecule has 6 heteroatoms. The van der Waals surface area contributed by atoms with Gasteiger partial charge in [-0.15, -0.1) is 11.3 Å². The van der Waals surface area contributed by atoms with Crippen LogP contribution in [0, 0.1) is 5.82 Å². The Bertz CT molecular complexity index is 578. The van der Waals surface area contributed by atoms with Crippen LogP contribution in [0.2, 0.25) is 0 Å². The largest absolute Gasteiger partial charge is 0.416 e. The average molecular weight is 317 g/mol. The summed E-state index contributed by atoms with van der Waals surface area (Å²) in [6, 6.07) is 6.58. The third-order valence-corrected chi connectivity index (χ3v) is 4.12.